The molecule has 6 nitrogen and oxygen atoms in total. The van der Waals surface area contributed by atoms with Crippen molar-refractivity contribution < 1.29 is 0 Å². The van der Waals surface area contributed by atoms with Gasteiger partial charge in [-0.05, 0) is 62.1 Å². The van der Waals surface area contributed by atoms with Crippen LogP contribution < -0.4 is 5.56 Å². The maximum Gasteiger partial charge on any atom is 0.263 e. The monoisotopic (exact) mass is 369 g/mol. The van der Waals surface area contributed by atoms with Crippen molar-refractivity contribution in [1.82, 2.24) is 19.7 Å². The maximum atomic E-state index is 13.0. The molecule has 0 N–H and O–H groups in total. The van der Waals surface area contributed by atoms with Gasteiger partial charge in [-0.1, -0.05) is 0 Å². The molecule has 3 aromatic rings. The fourth-order valence-electron chi connectivity index (χ4n) is 3.10. The highest BCUT2D eigenvalue weighted by atomic mass is 32.2. The van der Waals surface area contributed by atoms with Gasteiger partial charge < -0.3 is 0 Å². The van der Waals surface area contributed by atoms with Gasteiger partial charge in [-0.2, -0.15) is 5.26 Å². The molecule has 0 aromatic carbocycles. The van der Waals surface area contributed by atoms with Crippen LogP contribution in [0.15, 0.2) is 27.1 Å². The minimum Gasteiger partial charge on any atom is -0.287 e. The van der Waals surface area contributed by atoms with Gasteiger partial charge in [-0.25, -0.2) is 4.98 Å². The third kappa shape index (κ3) is 2.83. The molecule has 0 aliphatic heterocycles. The molecule has 126 valence electrons. The van der Waals surface area contributed by atoms with Crippen LogP contribution in [0.3, 0.4) is 0 Å². The summed E-state index contributed by atoms with van der Waals surface area (Å²) < 4.78 is 1.70. The number of nitrogens with zero attached hydrogens (tertiary/aromatic N) is 5. The number of aromatic nitrogens is 4. The fourth-order valence-corrected chi connectivity index (χ4v) is 5.28. The molecule has 1 aliphatic carbocycles. The van der Waals surface area contributed by atoms with Crippen molar-refractivity contribution in [3.8, 4) is 6.07 Å². The van der Waals surface area contributed by atoms with Gasteiger partial charge in [0.2, 0.25) is 0 Å². The highest BCUT2D eigenvalue weighted by molar-refractivity contribution is 7.99. The first kappa shape index (κ1) is 16.2. The number of rotatable bonds is 3. The highest BCUT2D eigenvalue weighted by Crippen LogP contribution is 2.35. The summed E-state index contributed by atoms with van der Waals surface area (Å²) in [4.78, 5) is 19.9. The molecule has 0 saturated carbocycles. The first-order valence-corrected chi connectivity index (χ1v) is 9.81. The van der Waals surface area contributed by atoms with E-state index in [0.29, 0.717) is 16.7 Å². The first-order chi connectivity index (χ1) is 12.2. The zero-order chi connectivity index (χ0) is 17.4. The molecule has 0 radical (unpaired) electrons. The standard InChI is InChI=1S/C17H15N5OS2/c1-2-22-16(23)14-11-5-3-4-6-12(11)24-15(14)19-17(22)25-13-8-7-10(9-18)20-21-13/h7-8H,2-6H2,1H3. The molecule has 0 atom stereocenters. The summed E-state index contributed by atoms with van der Waals surface area (Å²) in [5.41, 5.74) is 1.52. The van der Waals surface area contributed by atoms with Gasteiger partial charge in [0, 0.05) is 11.4 Å². The highest BCUT2D eigenvalue weighted by Gasteiger charge is 2.22. The average molecular weight is 369 g/mol. The van der Waals surface area contributed by atoms with Gasteiger partial charge in [0.15, 0.2) is 10.9 Å². The van der Waals surface area contributed by atoms with E-state index in [9.17, 15) is 4.79 Å². The van der Waals surface area contributed by atoms with Crippen LogP contribution in [0.5, 0.6) is 0 Å². The maximum absolute atomic E-state index is 13.0. The van der Waals surface area contributed by atoms with Crippen molar-refractivity contribution >= 4 is 33.3 Å². The van der Waals surface area contributed by atoms with E-state index in [0.717, 1.165) is 29.5 Å². The van der Waals surface area contributed by atoms with Crippen molar-refractivity contribution in [1.29, 1.82) is 5.26 Å². The minimum absolute atomic E-state index is 0.0380. The molecule has 0 amide bonds. The molecule has 3 aromatic heterocycles. The lowest BCUT2D eigenvalue weighted by atomic mass is 9.97. The molecule has 0 unspecified atom stereocenters. The first-order valence-electron chi connectivity index (χ1n) is 8.18. The fraction of sp³-hybridized carbons (Fsp3) is 0.353. The third-order valence-electron chi connectivity index (χ3n) is 4.31. The summed E-state index contributed by atoms with van der Waals surface area (Å²) in [5, 5.41) is 18.7. The normalized spacial score (nSPS) is 13.6. The van der Waals surface area contributed by atoms with Gasteiger partial charge in [0.05, 0.1) is 5.39 Å². The van der Waals surface area contributed by atoms with E-state index in [1.807, 2.05) is 13.0 Å². The molecule has 25 heavy (non-hydrogen) atoms. The predicted octanol–water partition coefficient (Wildman–Crippen LogP) is 3.17. The second-order valence-electron chi connectivity index (χ2n) is 5.81. The molecule has 0 spiro atoms. The molecule has 8 heteroatoms. The van der Waals surface area contributed by atoms with Gasteiger partial charge in [0.1, 0.15) is 15.9 Å². The van der Waals surface area contributed by atoms with Crippen molar-refractivity contribution in [2.24, 2.45) is 0 Å². The van der Waals surface area contributed by atoms with Crippen molar-refractivity contribution in [2.45, 2.75) is 49.3 Å². The summed E-state index contributed by atoms with van der Waals surface area (Å²) in [5.74, 6) is 0. The predicted molar refractivity (Wildman–Crippen MR) is 97.1 cm³/mol. The van der Waals surface area contributed by atoms with E-state index in [2.05, 4.69) is 10.2 Å². The Balaban J connectivity index is 1.83. The van der Waals surface area contributed by atoms with Crippen LogP contribution in [0.4, 0.5) is 0 Å². The SMILES string of the molecule is CCn1c(Sc2ccc(C#N)nn2)nc2sc3c(c2c1=O)CCCC3. The molecule has 0 saturated heterocycles. The summed E-state index contributed by atoms with van der Waals surface area (Å²) in [6, 6.07) is 5.29. The Morgan fingerprint density at radius 3 is 2.88 bits per heavy atom. The number of thiophene rings is 1. The van der Waals surface area contributed by atoms with Crippen LogP contribution in [0.2, 0.25) is 0 Å². The minimum atomic E-state index is 0.0380. The molecule has 3 heterocycles. The van der Waals surface area contributed by atoms with E-state index in [1.165, 1.54) is 28.6 Å². The number of aryl methyl sites for hydroxylation is 2. The van der Waals surface area contributed by atoms with Crippen LogP contribution in [-0.2, 0) is 19.4 Å². The van der Waals surface area contributed by atoms with Gasteiger partial charge in [0.25, 0.3) is 5.56 Å². The van der Waals surface area contributed by atoms with Gasteiger partial charge in [-0.15, -0.1) is 21.5 Å². The molecule has 0 bridgehead atoms. The van der Waals surface area contributed by atoms with E-state index in [1.54, 1.807) is 28.0 Å². The van der Waals surface area contributed by atoms with Crippen molar-refractivity contribution in [3.63, 3.8) is 0 Å². The Hall–Kier alpha value is -2.24. The second kappa shape index (κ2) is 6.58. The summed E-state index contributed by atoms with van der Waals surface area (Å²) in [7, 11) is 0. The number of hydrogen-bond donors (Lipinski definition) is 0. The van der Waals surface area contributed by atoms with Crippen LogP contribution in [0.25, 0.3) is 10.2 Å². The van der Waals surface area contributed by atoms with E-state index >= 15 is 0 Å². The van der Waals surface area contributed by atoms with E-state index in [4.69, 9.17) is 10.2 Å². The summed E-state index contributed by atoms with van der Waals surface area (Å²) >= 11 is 2.96. The zero-order valence-corrected chi connectivity index (χ0v) is 15.3. The van der Waals surface area contributed by atoms with Crippen LogP contribution >= 0.6 is 23.1 Å². The van der Waals surface area contributed by atoms with Crippen molar-refractivity contribution in [3.05, 3.63) is 38.6 Å². The third-order valence-corrected chi connectivity index (χ3v) is 6.41. The average Bonchev–Trinajstić information content (AvgIpc) is 3.01. The molecular formula is C17H15N5OS2. The Morgan fingerprint density at radius 2 is 2.16 bits per heavy atom. The molecular weight excluding hydrogens is 354 g/mol. The summed E-state index contributed by atoms with van der Waals surface area (Å²) in [6.07, 6.45) is 4.35. The van der Waals surface area contributed by atoms with Gasteiger partial charge >= 0.3 is 0 Å². The molecule has 0 fully saturated rings. The summed E-state index contributed by atoms with van der Waals surface area (Å²) in [6.45, 7) is 2.50. The second-order valence-corrected chi connectivity index (χ2v) is 7.88. The zero-order valence-electron chi connectivity index (χ0n) is 13.7. The number of nitriles is 1. The molecule has 4 rings (SSSR count). The lowest BCUT2D eigenvalue weighted by molar-refractivity contribution is 0.633. The Bertz CT molecular complexity index is 1050. The smallest absolute Gasteiger partial charge is 0.263 e. The Kier molecular flexibility index (Phi) is 4.27. The number of hydrogen-bond acceptors (Lipinski definition) is 7. The largest absolute Gasteiger partial charge is 0.287 e. The van der Waals surface area contributed by atoms with Crippen LogP contribution in [0.1, 0.15) is 35.9 Å². The van der Waals surface area contributed by atoms with Gasteiger partial charge in [-0.3, -0.25) is 9.36 Å². The topological polar surface area (TPSA) is 84.5 Å². The Morgan fingerprint density at radius 1 is 1.32 bits per heavy atom. The Labute approximate surface area is 152 Å². The van der Waals surface area contributed by atoms with Crippen LogP contribution in [-0.4, -0.2) is 19.7 Å². The quantitative estimate of drug-likeness (QED) is 0.659. The lowest BCUT2D eigenvalue weighted by Gasteiger charge is -2.11. The van der Waals surface area contributed by atoms with Crippen molar-refractivity contribution in [2.75, 3.05) is 0 Å². The number of fused-ring (bicyclic) bond motifs is 3. The molecule has 1 aliphatic rings. The van der Waals surface area contributed by atoms with Crippen LogP contribution in [0, 0.1) is 11.3 Å². The lowest BCUT2D eigenvalue weighted by Crippen LogP contribution is -2.22. The van der Waals surface area contributed by atoms with E-state index in [-0.39, 0.29) is 11.3 Å². The van der Waals surface area contributed by atoms with E-state index < -0.39 is 0 Å².